The van der Waals surface area contributed by atoms with E-state index in [1.165, 1.54) is 23.6 Å². The van der Waals surface area contributed by atoms with Gasteiger partial charge in [-0.05, 0) is 60.7 Å². The molecule has 1 unspecified atom stereocenters. The fourth-order valence-corrected chi connectivity index (χ4v) is 7.22. The van der Waals surface area contributed by atoms with Gasteiger partial charge in [0.1, 0.15) is 12.2 Å². The Balaban J connectivity index is 1.59. The summed E-state index contributed by atoms with van der Waals surface area (Å²) in [7, 11) is -4.11. The van der Waals surface area contributed by atoms with Gasteiger partial charge in [0.05, 0.1) is 11.0 Å². The summed E-state index contributed by atoms with van der Waals surface area (Å²) in [5, 5.41) is 17.4. The van der Waals surface area contributed by atoms with Gasteiger partial charge in [-0.15, -0.1) is 11.3 Å². The van der Waals surface area contributed by atoms with E-state index in [0.717, 1.165) is 14.4 Å². The first-order chi connectivity index (χ1) is 18.1. The molecule has 3 heterocycles. The Morgan fingerprint density at radius 3 is 2.58 bits per heavy atom. The number of carbonyl (C=O) groups is 2. The van der Waals surface area contributed by atoms with Crippen LogP contribution in [0, 0.1) is 11.8 Å². The maximum atomic E-state index is 13.6. The zero-order valence-electron chi connectivity index (χ0n) is 21.7. The van der Waals surface area contributed by atoms with Crippen LogP contribution >= 0.6 is 11.3 Å². The summed E-state index contributed by atoms with van der Waals surface area (Å²) in [6.45, 7) is 5.90. The molecule has 38 heavy (non-hydrogen) atoms. The second-order valence-electron chi connectivity index (χ2n) is 10.3. The molecule has 0 bridgehead atoms. The Morgan fingerprint density at radius 1 is 1.16 bits per heavy atom. The van der Waals surface area contributed by atoms with E-state index in [9.17, 15) is 23.1 Å². The molecule has 0 saturated carbocycles. The van der Waals surface area contributed by atoms with E-state index in [2.05, 4.69) is 15.6 Å². The number of thiophene rings is 1. The second-order valence-corrected chi connectivity index (χ2v) is 13.2. The molecular formula is C27H34N4O5S2. The highest BCUT2D eigenvalue weighted by Crippen LogP contribution is 2.27. The van der Waals surface area contributed by atoms with E-state index in [1.54, 1.807) is 18.2 Å². The van der Waals surface area contributed by atoms with Crippen LogP contribution in [0.3, 0.4) is 0 Å². The maximum absolute atomic E-state index is 13.6. The number of aliphatic hydroxyl groups excluding tert-OH is 1. The van der Waals surface area contributed by atoms with E-state index in [0.29, 0.717) is 24.1 Å². The monoisotopic (exact) mass is 558 g/mol. The molecule has 1 saturated heterocycles. The zero-order valence-corrected chi connectivity index (χ0v) is 23.3. The van der Waals surface area contributed by atoms with Crippen LogP contribution in [0.4, 0.5) is 0 Å². The van der Waals surface area contributed by atoms with Crippen molar-refractivity contribution >= 4 is 43.3 Å². The number of rotatable bonds is 8. The van der Waals surface area contributed by atoms with Crippen molar-refractivity contribution in [1.82, 2.24) is 19.9 Å². The third kappa shape index (κ3) is 6.40. The Kier molecular flexibility index (Phi) is 8.81. The van der Waals surface area contributed by atoms with Crippen molar-refractivity contribution in [3.05, 3.63) is 59.6 Å². The summed E-state index contributed by atoms with van der Waals surface area (Å²) in [5.41, 5.74) is 0. The number of hydrogen-bond acceptors (Lipinski definition) is 7. The number of pyridine rings is 1. The number of hydrogen-bond donors (Lipinski definition) is 3. The molecule has 2 amide bonds. The van der Waals surface area contributed by atoms with Crippen LogP contribution in [0.5, 0.6) is 0 Å². The van der Waals surface area contributed by atoms with Crippen LogP contribution in [-0.4, -0.2) is 59.5 Å². The van der Waals surface area contributed by atoms with E-state index in [4.69, 9.17) is 0 Å². The predicted octanol–water partition coefficient (Wildman–Crippen LogP) is 3.36. The summed E-state index contributed by atoms with van der Waals surface area (Å²) in [6, 6.07) is 13.1. The standard InChI is InChI=1S/C27H34N4O5S2/c1-17(2)14-20(29-27(34)23-15-19-8-4-5-9-22(19)37-23)26(33)30-25-21(32)12-11-18(3)16-31(25)38(35,36)24-10-6-7-13-28-24/h4-10,13,15,17-18,20-21,25,32H,11-12,14,16H2,1-3H3,(H,29,34)(H,30,33)/t18-,20?,21-,25-/m0/s1. The minimum Gasteiger partial charge on any atom is -0.390 e. The number of carbonyl (C=O) groups excluding carboxylic acids is 2. The third-order valence-electron chi connectivity index (χ3n) is 6.60. The molecule has 0 aliphatic carbocycles. The quantitative estimate of drug-likeness (QED) is 0.389. The highest BCUT2D eigenvalue weighted by Gasteiger charge is 2.41. The molecule has 0 radical (unpaired) electrons. The smallest absolute Gasteiger partial charge is 0.262 e. The SMILES string of the molecule is CC(C)CC(NC(=O)c1cc2ccccc2s1)C(=O)N[C@@H]1[C@@H](O)CC[C@H](C)CN1S(=O)(=O)c1ccccn1. The molecule has 4 rings (SSSR count). The average molecular weight is 559 g/mol. The van der Waals surface area contributed by atoms with E-state index in [-0.39, 0.29) is 29.3 Å². The first kappa shape index (κ1) is 28.2. The fraction of sp³-hybridized carbons (Fsp3) is 0.444. The summed E-state index contributed by atoms with van der Waals surface area (Å²) >= 11 is 1.34. The van der Waals surface area contributed by atoms with Gasteiger partial charge < -0.3 is 15.7 Å². The average Bonchev–Trinajstić information content (AvgIpc) is 3.27. The van der Waals surface area contributed by atoms with E-state index < -0.39 is 34.2 Å². The van der Waals surface area contributed by atoms with Crippen molar-refractivity contribution < 1.29 is 23.1 Å². The lowest BCUT2D eigenvalue weighted by molar-refractivity contribution is -0.126. The number of benzene rings is 1. The van der Waals surface area contributed by atoms with Crippen molar-refractivity contribution in [2.45, 2.75) is 63.4 Å². The molecule has 3 N–H and O–H groups in total. The molecule has 1 fully saturated rings. The van der Waals surface area contributed by atoms with Gasteiger partial charge in [-0.2, -0.15) is 4.31 Å². The van der Waals surface area contributed by atoms with Gasteiger partial charge in [-0.1, -0.05) is 45.0 Å². The Labute approximate surface area is 227 Å². The van der Waals surface area contributed by atoms with Crippen molar-refractivity contribution in [1.29, 1.82) is 0 Å². The molecule has 2 aromatic heterocycles. The number of amides is 2. The second kappa shape index (κ2) is 11.9. The summed E-state index contributed by atoms with van der Waals surface area (Å²) in [4.78, 5) is 31.2. The molecule has 204 valence electrons. The normalized spacial score (nSPS) is 21.7. The number of sulfonamides is 1. The molecular weight excluding hydrogens is 524 g/mol. The largest absolute Gasteiger partial charge is 0.390 e. The minimum atomic E-state index is -4.11. The number of nitrogens with zero attached hydrogens (tertiary/aromatic N) is 2. The first-order valence-electron chi connectivity index (χ1n) is 12.8. The van der Waals surface area contributed by atoms with Gasteiger partial charge in [0.2, 0.25) is 5.91 Å². The Morgan fingerprint density at radius 2 is 1.89 bits per heavy atom. The lowest BCUT2D eigenvalue weighted by atomic mass is 10.0. The van der Waals surface area contributed by atoms with Gasteiger partial charge in [0.15, 0.2) is 5.03 Å². The van der Waals surface area contributed by atoms with Gasteiger partial charge in [-0.3, -0.25) is 9.59 Å². The van der Waals surface area contributed by atoms with E-state index >= 15 is 0 Å². The highest BCUT2D eigenvalue weighted by molar-refractivity contribution is 7.89. The number of aliphatic hydroxyl groups is 1. The third-order valence-corrected chi connectivity index (χ3v) is 9.48. The van der Waals surface area contributed by atoms with Crippen molar-refractivity contribution in [3.63, 3.8) is 0 Å². The van der Waals surface area contributed by atoms with Crippen molar-refractivity contribution in [2.75, 3.05) is 6.54 Å². The fourth-order valence-electron chi connectivity index (χ4n) is 4.63. The summed E-state index contributed by atoms with van der Waals surface area (Å²) in [5.74, 6) is -0.891. The van der Waals surface area contributed by atoms with Crippen LogP contribution in [0.25, 0.3) is 10.1 Å². The molecule has 3 aromatic rings. The molecule has 1 aliphatic heterocycles. The molecule has 4 atom stereocenters. The Hall–Kier alpha value is -2.86. The summed E-state index contributed by atoms with van der Waals surface area (Å²) < 4.78 is 29.2. The number of aromatic nitrogens is 1. The Bertz CT molecular complexity index is 1340. The lowest BCUT2D eigenvalue weighted by Gasteiger charge is -2.34. The number of nitrogens with one attached hydrogen (secondary N) is 2. The van der Waals surface area contributed by atoms with Gasteiger partial charge in [-0.25, -0.2) is 13.4 Å². The van der Waals surface area contributed by atoms with Crippen LogP contribution in [0.15, 0.2) is 59.8 Å². The summed E-state index contributed by atoms with van der Waals surface area (Å²) in [6.07, 6.45) is 0.328. The number of fused-ring (bicyclic) bond motifs is 1. The van der Waals surface area contributed by atoms with Crippen LogP contribution in [0.1, 0.15) is 49.7 Å². The lowest BCUT2D eigenvalue weighted by Crippen LogP contribution is -2.60. The topological polar surface area (TPSA) is 129 Å². The molecule has 11 heteroatoms. The van der Waals surface area contributed by atoms with Gasteiger partial charge >= 0.3 is 0 Å². The molecule has 9 nitrogen and oxygen atoms in total. The van der Waals surface area contributed by atoms with Gasteiger partial charge in [0, 0.05) is 17.4 Å². The molecule has 1 aromatic carbocycles. The van der Waals surface area contributed by atoms with E-state index in [1.807, 2.05) is 45.0 Å². The van der Waals surface area contributed by atoms with Crippen molar-refractivity contribution in [2.24, 2.45) is 11.8 Å². The van der Waals surface area contributed by atoms with Crippen molar-refractivity contribution in [3.8, 4) is 0 Å². The van der Waals surface area contributed by atoms with Crippen LogP contribution in [0.2, 0.25) is 0 Å². The van der Waals surface area contributed by atoms with Crippen LogP contribution in [-0.2, 0) is 14.8 Å². The maximum Gasteiger partial charge on any atom is 0.262 e. The predicted molar refractivity (Wildman–Crippen MR) is 147 cm³/mol. The molecule has 1 aliphatic rings. The highest BCUT2D eigenvalue weighted by atomic mass is 32.2. The minimum absolute atomic E-state index is 0.0378. The first-order valence-corrected chi connectivity index (χ1v) is 15.0. The van der Waals surface area contributed by atoms with Gasteiger partial charge in [0.25, 0.3) is 15.9 Å². The zero-order chi connectivity index (χ0) is 27.4. The van der Waals surface area contributed by atoms with Crippen LogP contribution < -0.4 is 10.6 Å². The molecule has 0 spiro atoms.